The van der Waals surface area contributed by atoms with Gasteiger partial charge >= 0.3 is 5.97 Å². The first-order chi connectivity index (χ1) is 11.2. The molecular weight excluding hydrogens is 292 g/mol. The van der Waals surface area contributed by atoms with Crippen molar-refractivity contribution in [3.63, 3.8) is 0 Å². The molecule has 0 fully saturated rings. The Morgan fingerprint density at radius 1 is 1.04 bits per heavy atom. The Hall–Kier alpha value is -1.13. The van der Waals surface area contributed by atoms with Crippen LogP contribution in [0.15, 0.2) is 24.3 Å². The van der Waals surface area contributed by atoms with Crippen LogP contribution in [0.3, 0.4) is 0 Å². The van der Waals surface area contributed by atoms with E-state index in [1.807, 2.05) is 18.2 Å². The Morgan fingerprint density at radius 3 is 2.48 bits per heavy atom. The van der Waals surface area contributed by atoms with Crippen molar-refractivity contribution in [1.29, 1.82) is 0 Å². The maximum Gasteiger partial charge on any atom is 0.305 e. The van der Waals surface area contributed by atoms with Gasteiger partial charge in [0.1, 0.15) is 6.10 Å². The fraction of sp³-hybridized carbons (Fsp3) is 0.737. The normalized spacial score (nSPS) is 13.0. The summed E-state index contributed by atoms with van der Waals surface area (Å²) in [7, 11) is 1.43. The van der Waals surface area contributed by atoms with Gasteiger partial charge in [0.15, 0.2) is 0 Å². The van der Waals surface area contributed by atoms with E-state index in [0.717, 1.165) is 32.1 Å². The van der Waals surface area contributed by atoms with E-state index in [-0.39, 0.29) is 12.1 Å². The number of hydrogen-bond donors (Lipinski definition) is 1. The number of esters is 1. The number of unbranched alkanes of at least 4 members (excludes halogenated alkanes) is 7. The molecule has 0 aromatic heterocycles. The lowest BCUT2D eigenvalue weighted by molar-refractivity contribution is -0.267. The molecule has 1 unspecified atom stereocenters. The average Bonchev–Trinajstić information content (AvgIpc) is 2.57. The summed E-state index contributed by atoms with van der Waals surface area (Å²) in [6, 6.07) is 0. The summed E-state index contributed by atoms with van der Waals surface area (Å²) in [4.78, 5) is 15.4. The molecule has 0 spiro atoms. The highest BCUT2D eigenvalue weighted by Crippen LogP contribution is 2.09. The van der Waals surface area contributed by atoms with Gasteiger partial charge in [-0.1, -0.05) is 69.8 Å². The second kappa shape index (κ2) is 17.2. The van der Waals surface area contributed by atoms with Gasteiger partial charge in [0.05, 0.1) is 7.11 Å². The van der Waals surface area contributed by atoms with Crippen LogP contribution in [0.4, 0.5) is 0 Å². The second-order valence-corrected chi connectivity index (χ2v) is 5.84. The Morgan fingerprint density at radius 2 is 1.78 bits per heavy atom. The number of allylic oxidation sites excluding steroid dienone is 3. The average molecular weight is 326 g/mol. The van der Waals surface area contributed by atoms with Gasteiger partial charge in [0.25, 0.3) is 0 Å². The Labute approximate surface area is 141 Å². The van der Waals surface area contributed by atoms with E-state index in [2.05, 4.69) is 22.6 Å². The summed E-state index contributed by atoms with van der Waals surface area (Å²) in [6.45, 7) is 2.16. The lowest BCUT2D eigenvalue weighted by Gasteiger charge is -2.07. The van der Waals surface area contributed by atoms with Crippen LogP contribution in [0.5, 0.6) is 0 Å². The molecule has 0 aliphatic carbocycles. The van der Waals surface area contributed by atoms with E-state index in [1.165, 1.54) is 39.2 Å². The van der Waals surface area contributed by atoms with E-state index in [4.69, 9.17) is 5.26 Å². The summed E-state index contributed by atoms with van der Waals surface area (Å²) < 4.78 is 4.61. The van der Waals surface area contributed by atoms with Crippen LogP contribution in [-0.2, 0) is 14.4 Å². The predicted octanol–water partition coefficient (Wildman–Crippen LogP) is 5.44. The molecule has 4 nitrogen and oxygen atoms in total. The van der Waals surface area contributed by atoms with Crippen molar-refractivity contribution in [2.75, 3.05) is 7.11 Å². The van der Waals surface area contributed by atoms with Gasteiger partial charge in [-0.3, -0.25) is 10.1 Å². The van der Waals surface area contributed by atoms with Gasteiger partial charge in [-0.15, -0.1) is 0 Å². The summed E-state index contributed by atoms with van der Waals surface area (Å²) in [6.07, 6.45) is 19.2. The molecule has 0 heterocycles. The number of carbonyl (C=O) groups excluding carboxylic acids is 1. The first-order valence-electron chi connectivity index (χ1n) is 8.95. The summed E-state index contributed by atoms with van der Waals surface area (Å²) in [5.74, 6) is -0.112. The van der Waals surface area contributed by atoms with Gasteiger partial charge in [-0.2, -0.15) is 0 Å². The van der Waals surface area contributed by atoms with Crippen LogP contribution < -0.4 is 0 Å². The predicted molar refractivity (Wildman–Crippen MR) is 94.3 cm³/mol. The van der Waals surface area contributed by atoms with Crippen molar-refractivity contribution < 1.29 is 19.7 Å². The van der Waals surface area contributed by atoms with Crippen LogP contribution >= 0.6 is 0 Å². The van der Waals surface area contributed by atoms with Gasteiger partial charge < -0.3 is 4.74 Å². The fourth-order valence-corrected chi connectivity index (χ4v) is 2.31. The van der Waals surface area contributed by atoms with Gasteiger partial charge in [-0.25, -0.2) is 4.89 Å². The maximum atomic E-state index is 10.9. The van der Waals surface area contributed by atoms with E-state index in [0.29, 0.717) is 6.42 Å². The van der Waals surface area contributed by atoms with Crippen LogP contribution in [0.1, 0.15) is 77.6 Å². The highest BCUT2D eigenvalue weighted by molar-refractivity contribution is 5.68. The van der Waals surface area contributed by atoms with Gasteiger partial charge in [-0.05, 0) is 25.7 Å². The SMILES string of the molecule is CCCCCC(/C=C/C=C/CCCCCCCC(=O)OC)OO. The summed E-state index contributed by atoms with van der Waals surface area (Å²) in [5, 5.41) is 8.81. The molecule has 134 valence electrons. The zero-order valence-corrected chi connectivity index (χ0v) is 14.8. The number of ether oxygens (including phenoxy) is 1. The van der Waals surface area contributed by atoms with Crippen molar-refractivity contribution in [2.45, 2.75) is 83.7 Å². The number of carbonyl (C=O) groups is 1. The lowest BCUT2D eigenvalue weighted by Crippen LogP contribution is -2.06. The highest BCUT2D eigenvalue weighted by atomic mass is 17.1. The highest BCUT2D eigenvalue weighted by Gasteiger charge is 2.02. The molecule has 0 saturated heterocycles. The Balaban J connectivity index is 3.51. The molecule has 0 radical (unpaired) electrons. The first kappa shape index (κ1) is 21.9. The maximum absolute atomic E-state index is 10.9. The summed E-state index contributed by atoms with van der Waals surface area (Å²) in [5.41, 5.74) is 0. The molecule has 4 heteroatoms. The second-order valence-electron chi connectivity index (χ2n) is 5.84. The fourth-order valence-electron chi connectivity index (χ4n) is 2.31. The molecule has 0 aromatic rings. The van der Waals surface area contributed by atoms with Gasteiger partial charge in [0, 0.05) is 6.42 Å². The van der Waals surface area contributed by atoms with E-state index < -0.39 is 0 Å². The van der Waals surface area contributed by atoms with Crippen molar-refractivity contribution in [3.05, 3.63) is 24.3 Å². The molecule has 1 atom stereocenters. The molecular formula is C19H34O4. The topological polar surface area (TPSA) is 55.8 Å². The molecule has 23 heavy (non-hydrogen) atoms. The minimum absolute atomic E-state index is 0.112. The lowest BCUT2D eigenvalue weighted by atomic mass is 10.1. The molecule has 0 aliphatic heterocycles. The Bertz CT molecular complexity index is 323. The van der Waals surface area contributed by atoms with Gasteiger partial charge in [0.2, 0.25) is 0 Å². The minimum atomic E-state index is -0.194. The molecule has 0 rings (SSSR count). The monoisotopic (exact) mass is 326 g/mol. The van der Waals surface area contributed by atoms with Crippen molar-refractivity contribution >= 4 is 5.97 Å². The van der Waals surface area contributed by atoms with Crippen LogP contribution in [0.2, 0.25) is 0 Å². The number of hydrogen-bond acceptors (Lipinski definition) is 4. The third-order valence-corrected chi connectivity index (χ3v) is 3.78. The molecule has 0 aliphatic rings. The first-order valence-corrected chi connectivity index (χ1v) is 8.95. The molecule has 0 aromatic carbocycles. The summed E-state index contributed by atoms with van der Waals surface area (Å²) >= 11 is 0. The standard InChI is InChI=1S/C19H34O4/c1-3-4-12-15-18(23-21)16-13-10-8-6-5-7-9-11-14-17-19(20)22-2/h8,10,13,16,18,21H,3-7,9,11-12,14-15,17H2,1-2H3/b10-8+,16-13+. The van der Waals surface area contributed by atoms with Crippen LogP contribution in [0, 0.1) is 0 Å². The Kier molecular flexibility index (Phi) is 16.4. The van der Waals surface area contributed by atoms with E-state index >= 15 is 0 Å². The smallest absolute Gasteiger partial charge is 0.305 e. The molecule has 0 saturated carbocycles. The zero-order chi connectivity index (χ0) is 17.2. The largest absolute Gasteiger partial charge is 0.469 e. The molecule has 0 bridgehead atoms. The molecule has 0 amide bonds. The van der Waals surface area contributed by atoms with Crippen LogP contribution in [0.25, 0.3) is 0 Å². The third-order valence-electron chi connectivity index (χ3n) is 3.78. The van der Waals surface area contributed by atoms with Crippen molar-refractivity contribution in [3.8, 4) is 0 Å². The van der Waals surface area contributed by atoms with Crippen LogP contribution in [-0.4, -0.2) is 24.4 Å². The van der Waals surface area contributed by atoms with E-state index in [9.17, 15) is 4.79 Å². The quantitative estimate of drug-likeness (QED) is 0.143. The molecule has 1 N–H and O–H groups in total. The zero-order valence-electron chi connectivity index (χ0n) is 14.8. The minimum Gasteiger partial charge on any atom is -0.469 e. The van der Waals surface area contributed by atoms with Crippen molar-refractivity contribution in [2.24, 2.45) is 0 Å². The van der Waals surface area contributed by atoms with E-state index in [1.54, 1.807) is 0 Å². The van der Waals surface area contributed by atoms with Crippen molar-refractivity contribution in [1.82, 2.24) is 0 Å². The number of rotatable bonds is 15. The third kappa shape index (κ3) is 15.5. The number of methoxy groups -OCH3 is 1.